The predicted molar refractivity (Wildman–Crippen MR) is 81.9 cm³/mol. The van der Waals surface area contributed by atoms with Crippen LogP contribution in [0, 0.1) is 11.3 Å². The van der Waals surface area contributed by atoms with Gasteiger partial charge in [0.05, 0.1) is 0 Å². The Kier molecular flexibility index (Phi) is 4.50. The summed E-state index contributed by atoms with van der Waals surface area (Å²) in [5.41, 5.74) is 1.90. The van der Waals surface area contributed by atoms with Gasteiger partial charge >= 0.3 is 0 Å². The lowest BCUT2D eigenvalue weighted by molar-refractivity contribution is 0.151. The molecule has 0 bridgehead atoms. The second-order valence-electron chi connectivity index (χ2n) is 6.31. The lowest BCUT2D eigenvalue weighted by atomic mass is 9.65. The van der Waals surface area contributed by atoms with E-state index in [-0.39, 0.29) is 0 Å². The molecule has 0 amide bonds. The zero-order chi connectivity index (χ0) is 13.2. The molecule has 1 nitrogen and oxygen atoms in total. The SMILES string of the molecule is CC(C)CC1(C)CCNCC1c1cccc(Br)c1. The zero-order valence-electron chi connectivity index (χ0n) is 11.7. The Hall–Kier alpha value is -0.340. The van der Waals surface area contributed by atoms with E-state index in [2.05, 4.69) is 66.3 Å². The monoisotopic (exact) mass is 309 g/mol. The maximum Gasteiger partial charge on any atom is 0.0178 e. The van der Waals surface area contributed by atoms with Crippen molar-refractivity contribution in [2.45, 2.75) is 39.5 Å². The van der Waals surface area contributed by atoms with Crippen molar-refractivity contribution in [3.63, 3.8) is 0 Å². The van der Waals surface area contributed by atoms with Crippen LogP contribution in [0.1, 0.15) is 45.1 Å². The molecule has 1 aromatic rings. The van der Waals surface area contributed by atoms with Crippen LogP contribution in [-0.4, -0.2) is 13.1 Å². The molecule has 2 unspecified atom stereocenters. The molecule has 1 aromatic carbocycles. The number of halogens is 1. The van der Waals surface area contributed by atoms with Crippen LogP contribution < -0.4 is 5.32 Å². The fraction of sp³-hybridized carbons (Fsp3) is 0.625. The van der Waals surface area contributed by atoms with Crippen LogP contribution in [0.4, 0.5) is 0 Å². The molecule has 1 heterocycles. The van der Waals surface area contributed by atoms with Gasteiger partial charge in [-0.2, -0.15) is 0 Å². The Morgan fingerprint density at radius 1 is 1.44 bits per heavy atom. The van der Waals surface area contributed by atoms with Crippen molar-refractivity contribution < 1.29 is 0 Å². The third kappa shape index (κ3) is 3.16. The van der Waals surface area contributed by atoms with Gasteiger partial charge in [-0.15, -0.1) is 0 Å². The molecule has 0 radical (unpaired) electrons. The lowest BCUT2D eigenvalue weighted by Gasteiger charge is -2.43. The molecule has 0 aliphatic carbocycles. The van der Waals surface area contributed by atoms with Crippen molar-refractivity contribution in [1.82, 2.24) is 5.32 Å². The first kappa shape index (κ1) is 14.1. The summed E-state index contributed by atoms with van der Waals surface area (Å²) in [5, 5.41) is 3.57. The van der Waals surface area contributed by atoms with Gasteiger partial charge in [-0.25, -0.2) is 0 Å². The fourth-order valence-corrected chi connectivity index (χ4v) is 3.88. The molecule has 2 heteroatoms. The smallest absolute Gasteiger partial charge is 0.0178 e. The first-order valence-corrected chi connectivity index (χ1v) is 7.77. The van der Waals surface area contributed by atoms with E-state index < -0.39 is 0 Å². The van der Waals surface area contributed by atoms with Crippen LogP contribution in [-0.2, 0) is 0 Å². The second-order valence-corrected chi connectivity index (χ2v) is 7.23. The van der Waals surface area contributed by atoms with E-state index in [1.807, 2.05) is 0 Å². The Morgan fingerprint density at radius 3 is 2.89 bits per heavy atom. The molecule has 1 saturated heterocycles. The predicted octanol–water partition coefficient (Wildman–Crippen LogP) is 4.58. The normalized spacial score (nSPS) is 28.6. The van der Waals surface area contributed by atoms with Crippen molar-refractivity contribution >= 4 is 15.9 Å². The molecule has 1 aliphatic rings. The summed E-state index contributed by atoms with van der Waals surface area (Å²) in [6.07, 6.45) is 2.59. The maximum absolute atomic E-state index is 3.60. The largest absolute Gasteiger partial charge is 0.316 e. The molecule has 0 aromatic heterocycles. The Balaban J connectivity index is 2.27. The minimum atomic E-state index is 0.431. The highest BCUT2D eigenvalue weighted by atomic mass is 79.9. The van der Waals surface area contributed by atoms with E-state index in [1.165, 1.54) is 22.9 Å². The van der Waals surface area contributed by atoms with E-state index in [0.29, 0.717) is 11.3 Å². The van der Waals surface area contributed by atoms with Crippen LogP contribution in [0.2, 0.25) is 0 Å². The van der Waals surface area contributed by atoms with E-state index in [0.717, 1.165) is 19.0 Å². The van der Waals surface area contributed by atoms with E-state index >= 15 is 0 Å². The van der Waals surface area contributed by atoms with Gasteiger partial charge in [0.1, 0.15) is 0 Å². The Labute approximate surface area is 119 Å². The van der Waals surface area contributed by atoms with Crippen molar-refractivity contribution in [2.24, 2.45) is 11.3 Å². The average molecular weight is 310 g/mol. The van der Waals surface area contributed by atoms with E-state index in [1.54, 1.807) is 0 Å². The van der Waals surface area contributed by atoms with E-state index in [9.17, 15) is 0 Å². The van der Waals surface area contributed by atoms with Crippen LogP contribution in [0.15, 0.2) is 28.7 Å². The van der Waals surface area contributed by atoms with Crippen molar-refractivity contribution in [3.05, 3.63) is 34.3 Å². The molecule has 1 aliphatic heterocycles. The summed E-state index contributed by atoms with van der Waals surface area (Å²) in [5.74, 6) is 1.40. The Bertz CT molecular complexity index is 402. The van der Waals surface area contributed by atoms with Crippen LogP contribution in [0.25, 0.3) is 0 Å². The molecule has 0 spiro atoms. The first-order chi connectivity index (χ1) is 8.51. The third-order valence-electron chi connectivity index (χ3n) is 4.19. The number of hydrogen-bond donors (Lipinski definition) is 1. The minimum absolute atomic E-state index is 0.431. The van der Waals surface area contributed by atoms with Gasteiger partial charge < -0.3 is 5.32 Å². The van der Waals surface area contributed by atoms with Crippen LogP contribution >= 0.6 is 15.9 Å². The zero-order valence-corrected chi connectivity index (χ0v) is 13.3. The summed E-state index contributed by atoms with van der Waals surface area (Å²) >= 11 is 3.60. The lowest BCUT2D eigenvalue weighted by Crippen LogP contribution is -2.42. The molecule has 1 N–H and O–H groups in total. The van der Waals surface area contributed by atoms with Crippen LogP contribution in [0.5, 0.6) is 0 Å². The van der Waals surface area contributed by atoms with E-state index in [4.69, 9.17) is 0 Å². The molecular weight excluding hydrogens is 286 g/mol. The van der Waals surface area contributed by atoms with Gasteiger partial charge in [0.15, 0.2) is 0 Å². The number of rotatable bonds is 3. The second kappa shape index (κ2) is 5.75. The molecule has 2 atom stereocenters. The highest BCUT2D eigenvalue weighted by molar-refractivity contribution is 9.10. The number of nitrogens with one attached hydrogen (secondary N) is 1. The standard InChI is InChI=1S/C16H24BrN/c1-12(2)10-16(3)7-8-18-11-15(16)13-5-4-6-14(17)9-13/h4-6,9,12,15,18H,7-8,10-11H2,1-3H3. The van der Waals surface area contributed by atoms with Crippen molar-refractivity contribution in [2.75, 3.05) is 13.1 Å². The number of benzene rings is 1. The van der Waals surface area contributed by atoms with Gasteiger partial charge in [-0.1, -0.05) is 48.8 Å². The van der Waals surface area contributed by atoms with Crippen LogP contribution in [0.3, 0.4) is 0 Å². The highest BCUT2D eigenvalue weighted by Crippen LogP contribution is 2.45. The summed E-state index contributed by atoms with van der Waals surface area (Å²) in [4.78, 5) is 0. The summed E-state index contributed by atoms with van der Waals surface area (Å²) in [6, 6.07) is 8.83. The Morgan fingerprint density at radius 2 is 2.22 bits per heavy atom. The quantitative estimate of drug-likeness (QED) is 0.862. The molecule has 100 valence electrons. The molecule has 18 heavy (non-hydrogen) atoms. The van der Waals surface area contributed by atoms with Crippen molar-refractivity contribution in [1.29, 1.82) is 0 Å². The highest BCUT2D eigenvalue weighted by Gasteiger charge is 2.37. The summed E-state index contributed by atoms with van der Waals surface area (Å²) < 4.78 is 1.19. The number of piperidine rings is 1. The third-order valence-corrected chi connectivity index (χ3v) is 4.68. The number of hydrogen-bond acceptors (Lipinski definition) is 1. The summed E-state index contributed by atoms with van der Waals surface area (Å²) in [7, 11) is 0. The van der Waals surface area contributed by atoms with Gasteiger partial charge in [-0.3, -0.25) is 0 Å². The minimum Gasteiger partial charge on any atom is -0.316 e. The van der Waals surface area contributed by atoms with Gasteiger partial charge in [0.2, 0.25) is 0 Å². The van der Waals surface area contributed by atoms with Gasteiger partial charge in [0.25, 0.3) is 0 Å². The van der Waals surface area contributed by atoms with Crippen molar-refractivity contribution in [3.8, 4) is 0 Å². The molecule has 0 saturated carbocycles. The topological polar surface area (TPSA) is 12.0 Å². The maximum atomic E-state index is 3.60. The fourth-order valence-electron chi connectivity index (χ4n) is 3.46. The summed E-state index contributed by atoms with van der Waals surface area (Å²) in [6.45, 7) is 9.42. The first-order valence-electron chi connectivity index (χ1n) is 6.97. The molecule has 2 rings (SSSR count). The molecule has 1 fully saturated rings. The van der Waals surface area contributed by atoms with Gasteiger partial charge in [-0.05, 0) is 48.4 Å². The molecular formula is C16H24BrN. The van der Waals surface area contributed by atoms with Gasteiger partial charge in [0, 0.05) is 16.9 Å². The average Bonchev–Trinajstić information content (AvgIpc) is 2.27.